The summed E-state index contributed by atoms with van der Waals surface area (Å²) < 4.78 is 6.33. The molecule has 5 heteroatoms. The van der Waals surface area contributed by atoms with Gasteiger partial charge in [-0.05, 0) is 46.7 Å². The Bertz CT molecular complexity index is 616. The van der Waals surface area contributed by atoms with Gasteiger partial charge in [0, 0.05) is 11.4 Å². The summed E-state index contributed by atoms with van der Waals surface area (Å²) in [7, 11) is 0. The van der Waals surface area contributed by atoms with Crippen LogP contribution in [-0.2, 0) is 6.54 Å². The SMILES string of the molecule is Clc1ccc(C(NCc2ccsc2)c2ccco2)s1. The molecular formula is C14H12ClNOS2. The second-order valence-corrected chi connectivity index (χ2v) is 6.63. The molecule has 3 aromatic heterocycles. The van der Waals surface area contributed by atoms with Gasteiger partial charge in [-0.25, -0.2) is 0 Å². The Kier molecular flexibility index (Phi) is 4.03. The Morgan fingerprint density at radius 2 is 2.21 bits per heavy atom. The first-order valence-electron chi connectivity index (χ1n) is 5.86. The lowest BCUT2D eigenvalue weighted by Crippen LogP contribution is -2.20. The van der Waals surface area contributed by atoms with Crippen LogP contribution in [0, 0.1) is 0 Å². The number of halogens is 1. The van der Waals surface area contributed by atoms with Crippen molar-refractivity contribution in [1.82, 2.24) is 5.32 Å². The molecule has 0 saturated heterocycles. The van der Waals surface area contributed by atoms with Gasteiger partial charge in [-0.1, -0.05) is 11.6 Å². The molecule has 19 heavy (non-hydrogen) atoms. The van der Waals surface area contributed by atoms with Gasteiger partial charge in [-0.15, -0.1) is 11.3 Å². The Morgan fingerprint density at radius 1 is 1.26 bits per heavy atom. The first-order valence-corrected chi connectivity index (χ1v) is 8.00. The zero-order valence-corrected chi connectivity index (χ0v) is 12.4. The lowest BCUT2D eigenvalue weighted by atomic mass is 10.2. The molecule has 0 aliphatic carbocycles. The molecule has 3 rings (SSSR count). The van der Waals surface area contributed by atoms with Gasteiger partial charge in [0.25, 0.3) is 0 Å². The molecule has 0 aliphatic rings. The lowest BCUT2D eigenvalue weighted by Gasteiger charge is -2.14. The van der Waals surface area contributed by atoms with E-state index in [1.165, 1.54) is 5.56 Å². The highest BCUT2D eigenvalue weighted by Gasteiger charge is 2.18. The molecule has 0 amide bonds. The maximum absolute atomic E-state index is 6.03. The molecule has 0 saturated carbocycles. The van der Waals surface area contributed by atoms with Gasteiger partial charge in [0.1, 0.15) is 11.8 Å². The van der Waals surface area contributed by atoms with Crippen LogP contribution in [0.1, 0.15) is 22.2 Å². The Hall–Kier alpha value is -1.07. The van der Waals surface area contributed by atoms with E-state index < -0.39 is 0 Å². The summed E-state index contributed by atoms with van der Waals surface area (Å²) in [6, 6.07) is 10.0. The van der Waals surface area contributed by atoms with Crippen molar-refractivity contribution in [3.05, 3.63) is 67.9 Å². The number of hydrogen-bond acceptors (Lipinski definition) is 4. The van der Waals surface area contributed by atoms with E-state index in [9.17, 15) is 0 Å². The normalized spacial score (nSPS) is 12.7. The van der Waals surface area contributed by atoms with Crippen LogP contribution in [0.5, 0.6) is 0 Å². The molecule has 1 unspecified atom stereocenters. The van der Waals surface area contributed by atoms with Crippen molar-refractivity contribution >= 4 is 34.3 Å². The Morgan fingerprint density at radius 3 is 2.84 bits per heavy atom. The summed E-state index contributed by atoms with van der Waals surface area (Å²) in [4.78, 5) is 1.16. The molecule has 2 nitrogen and oxygen atoms in total. The highest BCUT2D eigenvalue weighted by Crippen LogP contribution is 2.31. The third-order valence-corrected chi connectivity index (χ3v) is 4.82. The van der Waals surface area contributed by atoms with E-state index in [0.29, 0.717) is 0 Å². The highest BCUT2D eigenvalue weighted by atomic mass is 35.5. The monoisotopic (exact) mass is 309 g/mol. The van der Waals surface area contributed by atoms with Crippen LogP contribution in [0.15, 0.2) is 51.8 Å². The maximum Gasteiger partial charge on any atom is 0.126 e. The van der Waals surface area contributed by atoms with Crippen LogP contribution in [0.25, 0.3) is 0 Å². The topological polar surface area (TPSA) is 25.2 Å². The molecule has 0 radical (unpaired) electrons. The van der Waals surface area contributed by atoms with E-state index in [2.05, 4.69) is 22.1 Å². The molecule has 3 aromatic rings. The fourth-order valence-corrected chi connectivity index (χ4v) is 3.71. The summed E-state index contributed by atoms with van der Waals surface area (Å²) >= 11 is 9.31. The zero-order valence-electron chi connectivity index (χ0n) is 10.0. The predicted molar refractivity (Wildman–Crippen MR) is 81.0 cm³/mol. The highest BCUT2D eigenvalue weighted by molar-refractivity contribution is 7.16. The minimum absolute atomic E-state index is 0.0485. The molecule has 98 valence electrons. The van der Waals surface area contributed by atoms with E-state index in [-0.39, 0.29) is 6.04 Å². The van der Waals surface area contributed by atoms with Gasteiger partial charge in [-0.2, -0.15) is 11.3 Å². The van der Waals surface area contributed by atoms with Gasteiger partial charge >= 0.3 is 0 Å². The predicted octanol–water partition coefficient (Wildman–Crippen LogP) is 4.94. The zero-order chi connectivity index (χ0) is 13.1. The Labute approximate surface area is 124 Å². The molecule has 0 spiro atoms. The smallest absolute Gasteiger partial charge is 0.126 e. The van der Waals surface area contributed by atoms with Gasteiger partial charge in [0.2, 0.25) is 0 Å². The first kappa shape index (κ1) is 12.9. The molecule has 0 bridgehead atoms. The lowest BCUT2D eigenvalue weighted by molar-refractivity contribution is 0.449. The van der Waals surface area contributed by atoms with Crippen molar-refractivity contribution < 1.29 is 4.42 Å². The van der Waals surface area contributed by atoms with Crippen LogP contribution < -0.4 is 5.32 Å². The summed E-state index contributed by atoms with van der Waals surface area (Å²) in [5, 5.41) is 7.75. The second kappa shape index (κ2) is 5.92. The quantitative estimate of drug-likeness (QED) is 0.722. The molecule has 0 aliphatic heterocycles. The summed E-state index contributed by atoms with van der Waals surface area (Å²) in [6.45, 7) is 0.810. The van der Waals surface area contributed by atoms with Crippen molar-refractivity contribution in [2.24, 2.45) is 0 Å². The van der Waals surface area contributed by atoms with E-state index in [0.717, 1.165) is 21.5 Å². The van der Waals surface area contributed by atoms with Crippen LogP contribution >= 0.6 is 34.3 Å². The molecular weight excluding hydrogens is 298 g/mol. The van der Waals surface area contributed by atoms with Crippen LogP contribution in [0.3, 0.4) is 0 Å². The Balaban J connectivity index is 1.80. The van der Waals surface area contributed by atoms with Gasteiger partial charge in [0.15, 0.2) is 0 Å². The molecule has 1 N–H and O–H groups in total. The minimum atomic E-state index is 0.0485. The van der Waals surface area contributed by atoms with Gasteiger partial charge in [-0.3, -0.25) is 5.32 Å². The van der Waals surface area contributed by atoms with Crippen LogP contribution in [0.4, 0.5) is 0 Å². The van der Waals surface area contributed by atoms with Crippen LogP contribution in [-0.4, -0.2) is 0 Å². The third kappa shape index (κ3) is 3.09. The van der Waals surface area contributed by atoms with Crippen molar-refractivity contribution in [1.29, 1.82) is 0 Å². The van der Waals surface area contributed by atoms with Crippen molar-refractivity contribution in [2.45, 2.75) is 12.6 Å². The number of furan rings is 1. The standard InChI is InChI=1S/C14H12ClNOS2/c15-13-4-3-12(19-13)14(11-2-1-6-17-11)16-8-10-5-7-18-9-10/h1-7,9,14,16H,8H2. The summed E-state index contributed by atoms with van der Waals surface area (Å²) in [5.74, 6) is 0.911. The molecule has 1 atom stereocenters. The molecule has 0 fully saturated rings. The van der Waals surface area contributed by atoms with Crippen molar-refractivity contribution in [2.75, 3.05) is 0 Å². The number of hydrogen-bond donors (Lipinski definition) is 1. The first-order chi connectivity index (χ1) is 9.33. The third-order valence-electron chi connectivity index (χ3n) is 2.80. The van der Waals surface area contributed by atoms with Crippen LogP contribution in [0.2, 0.25) is 4.34 Å². The van der Waals surface area contributed by atoms with E-state index in [1.54, 1.807) is 28.9 Å². The number of rotatable bonds is 5. The van der Waals surface area contributed by atoms with E-state index in [1.807, 2.05) is 24.3 Å². The van der Waals surface area contributed by atoms with Crippen molar-refractivity contribution in [3.63, 3.8) is 0 Å². The average Bonchev–Trinajstić information content (AvgIpc) is 3.11. The average molecular weight is 310 g/mol. The maximum atomic E-state index is 6.03. The van der Waals surface area contributed by atoms with Gasteiger partial charge in [0.05, 0.1) is 10.6 Å². The summed E-state index contributed by atoms with van der Waals surface area (Å²) in [6.07, 6.45) is 1.70. The largest absolute Gasteiger partial charge is 0.467 e. The van der Waals surface area contributed by atoms with E-state index in [4.69, 9.17) is 16.0 Å². The summed E-state index contributed by atoms with van der Waals surface area (Å²) in [5.41, 5.74) is 1.28. The fraction of sp³-hybridized carbons (Fsp3) is 0.143. The van der Waals surface area contributed by atoms with E-state index >= 15 is 0 Å². The number of nitrogens with one attached hydrogen (secondary N) is 1. The molecule has 0 aromatic carbocycles. The van der Waals surface area contributed by atoms with Crippen molar-refractivity contribution in [3.8, 4) is 0 Å². The van der Waals surface area contributed by atoms with Gasteiger partial charge < -0.3 is 4.42 Å². The fourth-order valence-electron chi connectivity index (χ4n) is 1.89. The minimum Gasteiger partial charge on any atom is -0.467 e. The molecule has 3 heterocycles. The number of thiophene rings is 2. The second-order valence-electron chi connectivity index (χ2n) is 4.10.